The van der Waals surface area contributed by atoms with Crippen LogP contribution < -0.4 is 4.74 Å². The van der Waals surface area contributed by atoms with E-state index in [-0.39, 0.29) is 18.7 Å². The summed E-state index contributed by atoms with van der Waals surface area (Å²) in [7, 11) is 1.51. The van der Waals surface area contributed by atoms with Crippen LogP contribution in [0.15, 0.2) is 24.3 Å². The van der Waals surface area contributed by atoms with Gasteiger partial charge in [-0.25, -0.2) is 9.69 Å². The molecule has 1 aromatic carbocycles. The maximum Gasteiger partial charge on any atom is 0.420 e. The summed E-state index contributed by atoms with van der Waals surface area (Å²) < 4.78 is 27.1. The Morgan fingerprint density at radius 3 is 2.56 bits per heavy atom. The third kappa shape index (κ3) is 2.88. The highest BCUT2D eigenvalue weighted by molar-refractivity contribution is 6.06. The molecule has 0 unspecified atom stereocenters. The SMILES string of the molecule is COc1ccc(C(=O)N2C[C@]3(OC[C@H]4OC(C)(C)O[C@H]4C3=O)OC2=O)cc1. The summed E-state index contributed by atoms with van der Waals surface area (Å²) >= 11 is 0. The van der Waals surface area contributed by atoms with Gasteiger partial charge in [0.15, 0.2) is 11.9 Å². The fourth-order valence-electron chi connectivity index (χ4n) is 3.43. The van der Waals surface area contributed by atoms with Crippen LogP contribution in [0.25, 0.3) is 0 Å². The van der Waals surface area contributed by atoms with Crippen LogP contribution in [0.5, 0.6) is 5.75 Å². The standard InChI is InChI=1S/C18H19NO8/c1-17(2)25-12-8-24-18(14(20)13(12)26-17)9-19(16(22)27-18)15(21)10-4-6-11(23-3)7-5-10/h4-7,12-13H,8-9H2,1-3H3/t12-,13-,18+/m1/s1. The van der Waals surface area contributed by atoms with Crippen molar-refractivity contribution in [3.8, 4) is 5.75 Å². The number of carbonyl (C=O) groups excluding carboxylic acids is 3. The van der Waals surface area contributed by atoms with Crippen molar-refractivity contribution >= 4 is 17.8 Å². The summed E-state index contributed by atoms with van der Waals surface area (Å²) in [5.41, 5.74) is 0.257. The number of carbonyl (C=O) groups is 3. The summed E-state index contributed by atoms with van der Waals surface area (Å²) in [6.45, 7) is 3.04. The fraction of sp³-hybridized carbons (Fsp3) is 0.500. The number of hydrogen-bond acceptors (Lipinski definition) is 8. The first kappa shape index (κ1) is 17.9. The van der Waals surface area contributed by atoms with Crippen molar-refractivity contribution in [2.75, 3.05) is 20.3 Å². The summed E-state index contributed by atoms with van der Waals surface area (Å²) in [6.07, 6.45) is -2.44. The second kappa shape index (κ2) is 6.01. The molecule has 3 aliphatic rings. The molecule has 144 valence electrons. The van der Waals surface area contributed by atoms with Gasteiger partial charge in [-0.05, 0) is 38.1 Å². The minimum Gasteiger partial charge on any atom is -0.497 e. The number of methoxy groups -OCH3 is 1. The molecule has 4 rings (SSSR count). The number of amides is 2. The van der Waals surface area contributed by atoms with E-state index in [0.717, 1.165) is 4.90 Å². The quantitative estimate of drug-likeness (QED) is 0.755. The van der Waals surface area contributed by atoms with Gasteiger partial charge in [-0.1, -0.05) is 0 Å². The molecule has 2 amide bonds. The average molecular weight is 377 g/mol. The van der Waals surface area contributed by atoms with Gasteiger partial charge in [0.05, 0.1) is 13.7 Å². The van der Waals surface area contributed by atoms with Crippen LogP contribution in [0.2, 0.25) is 0 Å². The van der Waals surface area contributed by atoms with E-state index in [1.54, 1.807) is 26.0 Å². The first-order valence-electron chi connectivity index (χ1n) is 8.47. The lowest BCUT2D eigenvalue weighted by molar-refractivity contribution is -0.219. The Bertz CT molecular complexity index is 804. The molecule has 0 aromatic heterocycles. The highest BCUT2D eigenvalue weighted by Gasteiger charge is 2.63. The van der Waals surface area contributed by atoms with Crippen molar-refractivity contribution < 1.29 is 38.1 Å². The Hall–Kier alpha value is -2.49. The molecule has 3 saturated heterocycles. The van der Waals surface area contributed by atoms with E-state index in [9.17, 15) is 14.4 Å². The second-order valence-electron chi connectivity index (χ2n) is 7.01. The normalized spacial score (nSPS) is 31.7. The molecular weight excluding hydrogens is 358 g/mol. The monoisotopic (exact) mass is 377 g/mol. The molecule has 1 aromatic rings. The predicted molar refractivity (Wildman–Crippen MR) is 88.0 cm³/mol. The average Bonchev–Trinajstić information content (AvgIpc) is 3.15. The van der Waals surface area contributed by atoms with Gasteiger partial charge in [0, 0.05) is 5.56 Å². The number of fused-ring (bicyclic) bond motifs is 1. The Morgan fingerprint density at radius 2 is 1.89 bits per heavy atom. The predicted octanol–water partition coefficient (Wildman–Crippen LogP) is 1.10. The van der Waals surface area contributed by atoms with E-state index in [1.807, 2.05) is 0 Å². The summed E-state index contributed by atoms with van der Waals surface area (Å²) in [5, 5.41) is 0. The number of Topliss-reactive ketones (excluding diaryl/α,β-unsaturated/α-hetero) is 1. The van der Waals surface area contributed by atoms with Crippen LogP contribution >= 0.6 is 0 Å². The van der Waals surface area contributed by atoms with E-state index < -0.39 is 41.6 Å². The Balaban J connectivity index is 1.55. The Kier molecular flexibility index (Phi) is 3.99. The number of ether oxygens (including phenoxy) is 5. The van der Waals surface area contributed by atoms with Gasteiger partial charge < -0.3 is 23.7 Å². The van der Waals surface area contributed by atoms with Crippen LogP contribution in [0.3, 0.4) is 0 Å². The van der Waals surface area contributed by atoms with Gasteiger partial charge >= 0.3 is 6.09 Å². The molecule has 9 heteroatoms. The largest absolute Gasteiger partial charge is 0.497 e. The number of ketones is 1. The number of imide groups is 1. The molecule has 0 saturated carbocycles. The van der Waals surface area contributed by atoms with Gasteiger partial charge in [0.2, 0.25) is 5.78 Å². The molecule has 9 nitrogen and oxygen atoms in total. The van der Waals surface area contributed by atoms with Crippen LogP contribution in [0.4, 0.5) is 4.79 Å². The topological polar surface area (TPSA) is 101 Å². The molecule has 0 bridgehead atoms. The van der Waals surface area contributed by atoms with Gasteiger partial charge in [-0.15, -0.1) is 0 Å². The fourth-order valence-corrected chi connectivity index (χ4v) is 3.43. The van der Waals surface area contributed by atoms with Gasteiger partial charge in [-0.3, -0.25) is 9.59 Å². The van der Waals surface area contributed by atoms with Gasteiger partial charge in [-0.2, -0.15) is 0 Å². The lowest BCUT2D eigenvalue weighted by Crippen LogP contribution is -2.59. The third-order valence-electron chi connectivity index (χ3n) is 4.72. The number of nitrogens with zero attached hydrogens (tertiary/aromatic N) is 1. The number of hydrogen-bond donors (Lipinski definition) is 0. The van der Waals surface area contributed by atoms with Crippen LogP contribution in [-0.2, 0) is 23.7 Å². The van der Waals surface area contributed by atoms with E-state index in [4.69, 9.17) is 23.7 Å². The highest BCUT2D eigenvalue weighted by Crippen LogP contribution is 2.39. The second-order valence-corrected chi connectivity index (χ2v) is 7.01. The first-order chi connectivity index (χ1) is 12.7. The maximum absolute atomic E-state index is 12.9. The van der Waals surface area contributed by atoms with Gasteiger partial charge in [0.25, 0.3) is 11.7 Å². The number of benzene rings is 1. The van der Waals surface area contributed by atoms with Crippen molar-refractivity contribution in [3.05, 3.63) is 29.8 Å². The summed E-state index contributed by atoms with van der Waals surface area (Å²) in [6, 6.07) is 6.25. The highest BCUT2D eigenvalue weighted by atomic mass is 16.8. The molecule has 0 aliphatic carbocycles. The van der Waals surface area contributed by atoms with Crippen molar-refractivity contribution in [3.63, 3.8) is 0 Å². The zero-order chi connectivity index (χ0) is 19.4. The molecule has 0 N–H and O–H groups in total. The molecule has 3 fully saturated rings. The molecular formula is C18H19NO8. The third-order valence-corrected chi connectivity index (χ3v) is 4.72. The molecule has 3 heterocycles. The molecule has 27 heavy (non-hydrogen) atoms. The lowest BCUT2D eigenvalue weighted by Gasteiger charge is -2.34. The van der Waals surface area contributed by atoms with E-state index in [2.05, 4.69) is 0 Å². The van der Waals surface area contributed by atoms with Crippen molar-refractivity contribution in [1.29, 1.82) is 0 Å². The molecule has 1 spiro atoms. The lowest BCUT2D eigenvalue weighted by atomic mass is 9.98. The summed E-state index contributed by atoms with van der Waals surface area (Å²) in [5.74, 6) is -3.40. The maximum atomic E-state index is 12.9. The molecule has 3 atom stereocenters. The number of rotatable bonds is 2. The van der Waals surface area contributed by atoms with E-state index >= 15 is 0 Å². The molecule has 0 radical (unpaired) electrons. The van der Waals surface area contributed by atoms with Gasteiger partial charge in [0.1, 0.15) is 18.4 Å². The first-order valence-corrected chi connectivity index (χ1v) is 8.47. The Morgan fingerprint density at radius 1 is 1.19 bits per heavy atom. The molecule has 3 aliphatic heterocycles. The zero-order valence-corrected chi connectivity index (χ0v) is 15.1. The zero-order valence-electron chi connectivity index (χ0n) is 15.1. The van der Waals surface area contributed by atoms with Crippen LogP contribution in [-0.4, -0.2) is 66.7 Å². The Labute approximate surface area is 155 Å². The minimum atomic E-state index is -1.87. The minimum absolute atomic E-state index is 0.0116. The van der Waals surface area contributed by atoms with Crippen molar-refractivity contribution in [1.82, 2.24) is 4.90 Å². The van der Waals surface area contributed by atoms with E-state index in [1.165, 1.54) is 19.2 Å². The van der Waals surface area contributed by atoms with Crippen molar-refractivity contribution in [2.45, 2.75) is 37.6 Å². The van der Waals surface area contributed by atoms with Crippen LogP contribution in [0.1, 0.15) is 24.2 Å². The van der Waals surface area contributed by atoms with Crippen molar-refractivity contribution in [2.24, 2.45) is 0 Å². The smallest absolute Gasteiger partial charge is 0.420 e. The van der Waals surface area contributed by atoms with E-state index in [0.29, 0.717) is 5.75 Å². The van der Waals surface area contributed by atoms with Crippen LogP contribution in [0, 0.1) is 0 Å². The summed E-state index contributed by atoms with van der Waals surface area (Å²) in [4.78, 5) is 38.7.